The molecule has 0 bridgehead atoms. The minimum absolute atomic E-state index is 0.0530. The van der Waals surface area contributed by atoms with Crippen molar-refractivity contribution >= 4 is 28.1 Å². The van der Waals surface area contributed by atoms with Crippen LogP contribution in [0.15, 0.2) is 48.1 Å². The number of thiazole rings is 1. The molecule has 0 radical (unpaired) electrons. The van der Waals surface area contributed by atoms with Gasteiger partial charge in [0.15, 0.2) is 11.5 Å². The van der Waals surface area contributed by atoms with E-state index in [0.29, 0.717) is 0 Å². The van der Waals surface area contributed by atoms with E-state index in [1.54, 1.807) is 17.7 Å². The van der Waals surface area contributed by atoms with Crippen LogP contribution in [0.1, 0.15) is 23.7 Å². The van der Waals surface area contributed by atoms with Crippen LogP contribution in [0.2, 0.25) is 0 Å². The highest BCUT2D eigenvalue weighted by Gasteiger charge is 2.15. The van der Waals surface area contributed by atoms with Crippen molar-refractivity contribution in [1.82, 2.24) is 15.0 Å². The first-order chi connectivity index (χ1) is 13.7. The van der Waals surface area contributed by atoms with Crippen LogP contribution in [0.5, 0.6) is 11.5 Å². The molecule has 5 rings (SSSR count). The van der Waals surface area contributed by atoms with Crippen LogP contribution in [0.4, 0.5) is 5.82 Å². The summed E-state index contributed by atoms with van der Waals surface area (Å²) in [6.45, 7) is 4.37. The fourth-order valence-electron chi connectivity index (χ4n) is 3.29. The van der Waals surface area contributed by atoms with Gasteiger partial charge in [-0.05, 0) is 49.2 Å². The van der Waals surface area contributed by atoms with Gasteiger partial charge in [0.25, 0.3) is 0 Å². The average Bonchev–Trinajstić information content (AvgIpc) is 3.36. The molecule has 4 aromatic rings. The molecular weight excluding hydrogens is 372 g/mol. The van der Waals surface area contributed by atoms with Crippen LogP contribution in [0.25, 0.3) is 22.0 Å². The van der Waals surface area contributed by atoms with E-state index in [4.69, 9.17) is 9.47 Å². The standard InChI is InChI=1S/C21H18N4O2S/c1-12(18-9-28-13(2)25-18)24-21-16-7-14(3-5-17(16)22-10-23-21)15-4-6-19-20(8-15)27-11-26-19/h3-10,12H,11H2,1-2H3,(H,22,23,24). The molecule has 6 nitrogen and oxygen atoms in total. The maximum Gasteiger partial charge on any atom is 0.231 e. The van der Waals surface area contributed by atoms with Crippen LogP contribution >= 0.6 is 11.3 Å². The molecule has 1 aliphatic heterocycles. The van der Waals surface area contributed by atoms with Crippen LogP contribution in [-0.2, 0) is 0 Å². The number of fused-ring (bicyclic) bond motifs is 2. The molecule has 1 atom stereocenters. The van der Waals surface area contributed by atoms with E-state index >= 15 is 0 Å². The van der Waals surface area contributed by atoms with E-state index in [1.165, 1.54) is 0 Å². The van der Waals surface area contributed by atoms with Crippen LogP contribution < -0.4 is 14.8 Å². The van der Waals surface area contributed by atoms with Crippen molar-refractivity contribution in [2.24, 2.45) is 0 Å². The summed E-state index contributed by atoms with van der Waals surface area (Å²) in [6, 6.07) is 12.2. The molecule has 1 aliphatic rings. The number of nitrogens with zero attached hydrogens (tertiary/aromatic N) is 3. The van der Waals surface area contributed by atoms with Gasteiger partial charge in [-0.15, -0.1) is 11.3 Å². The minimum atomic E-state index is 0.0530. The van der Waals surface area contributed by atoms with Crippen molar-refractivity contribution in [1.29, 1.82) is 0 Å². The number of anilines is 1. The molecule has 0 saturated heterocycles. The smallest absolute Gasteiger partial charge is 0.231 e. The number of nitrogens with one attached hydrogen (secondary N) is 1. The number of aromatic nitrogens is 3. The Morgan fingerprint density at radius 3 is 2.71 bits per heavy atom. The van der Waals surface area contributed by atoms with Crippen molar-refractivity contribution in [2.75, 3.05) is 12.1 Å². The van der Waals surface area contributed by atoms with Crippen LogP contribution in [0.3, 0.4) is 0 Å². The zero-order chi connectivity index (χ0) is 19.1. The Hall–Kier alpha value is -3.19. The number of rotatable bonds is 4. The molecule has 2 aromatic heterocycles. The Kier molecular flexibility index (Phi) is 4.09. The molecule has 140 valence electrons. The molecule has 3 heterocycles. The highest BCUT2D eigenvalue weighted by molar-refractivity contribution is 7.09. The van der Waals surface area contributed by atoms with Crippen LogP contribution in [0, 0.1) is 6.92 Å². The number of benzene rings is 2. The third-order valence-electron chi connectivity index (χ3n) is 4.77. The molecule has 28 heavy (non-hydrogen) atoms. The number of hydrogen-bond acceptors (Lipinski definition) is 7. The first-order valence-electron chi connectivity index (χ1n) is 9.01. The predicted molar refractivity (Wildman–Crippen MR) is 110 cm³/mol. The monoisotopic (exact) mass is 390 g/mol. The second-order valence-electron chi connectivity index (χ2n) is 6.68. The summed E-state index contributed by atoms with van der Waals surface area (Å²) in [4.78, 5) is 13.5. The molecule has 1 N–H and O–H groups in total. The lowest BCUT2D eigenvalue weighted by Crippen LogP contribution is -2.09. The molecule has 0 spiro atoms. The number of aryl methyl sites for hydroxylation is 1. The Morgan fingerprint density at radius 2 is 1.86 bits per heavy atom. The lowest BCUT2D eigenvalue weighted by Gasteiger charge is -2.14. The van der Waals surface area contributed by atoms with E-state index in [2.05, 4.69) is 44.7 Å². The summed E-state index contributed by atoms with van der Waals surface area (Å²) in [5.41, 5.74) is 4.04. The maximum atomic E-state index is 5.51. The molecular formula is C21H18N4O2S. The fraction of sp³-hybridized carbons (Fsp3) is 0.190. The van der Waals surface area contributed by atoms with Crippen molar-refractivity contribution < 1.29 is 9.47 Å². The van der Waals surface area contributed by atoms with Gasteiger partial charge in [-0.1, -0.05) is 12.1 Å². The molecule has 1 unspecified atom stereocenters. The Labute approximate surface area is 166 Å². The number of hydrogen-bond donors (Lipinski definition) is 1. The maximum absolute atomic E-state index is 5.51. The average molecular weight is 390 g/mol. The molecule has 2 aromatic carbocycles. The van der Waals surface area contributed by atoms with Gasteiger partial charge in [0.05, 0.1) is 22.3 Å². The third kappa shape index (κ3) is 3.03. The summed E-state index contributed by atoms with van der Waals surface area (Å²) in [7, 11) is 0. The van der Waals surface area contributed by atoms with Crippen molar-refractivity contribution in [3.05, 3.63) is 58.8 Å². The van der Waals surface area contributed by atoms with Crippen molar-refractivity contribution in [2.45, 2.75) is 19.9 Å². The number of ether oxygens (including phenoxy) is 2. The highest BCUT2D eigenvalue weighted by atomic mass is 32.1. The molecule has 0 amide bonds. The van der Waals surface area contributed by atoms with Gasteiger partial charge in [-0.2, -0.15) is 0 Å². The van der Waals surface area contributed by atoms with Gasteiger partial charge in [-0.25, -0.2) is 15.0 Å². The van der Waals surface area contributed by atoms with Gasteiger partial charge in [0, 0.05) is 10.8 Å². The summed E-state index contributed by atoms with van der Waals surface area (Å²) >= 11 is 1.65. The van der Waals surface area contributed by atoms with E-state index < -0.39 is 0 Å². The molecule has 0 aliphatic carbocycles. The van der Waals surface area contributed by atoms with E-state index in [0.717, 1.165) is 50.0 Å². The Balaban J connectivity index is 1.52. The topological polar surface area (TPSA) is 69.2 Å². The van der Waals surface area contributed by atoms with Gasteiger partial charge in [0.2, 0.25) is 6.79 Å². The summed E-state index contributed by atoms with van der Waals surface area (Å²) in [5.74, 6) is 2.35. The Morgan fingerprint density at radius 1 is 1.04 bits per heavy atom. The van der Waals surface area contributed by atoms with Crippen molar-refractivity contribution in [3.8, 4) is 22.6 Å². The molecule has 0 saturated carbocycles. The second-order valence-corrected chi connectivity index (χ2v) is 7.74. The van der Waals surface area contributed by atoms with E-state index in [1.807, 2.05) is 31.2 Å². The SMILES string of the molecule is Cc1nc(C(C)Nc2ncnc3ccc(-c4ccc5c(c4)OCO5)cc23)cs1. The van der Waals surface area contributed by atoms with Crippen molar-refractivity contribution in [3.63, 3.8) is 0 Å². The highest BCUT2D eigenvalue weighted by Crippen LogP contribution is 2.37. The zero-order valence-corrected chi connectivity index (χ0v) is 16.3. The lowest BCUT2D eigenvalue weighted by atomic mass is 10.0. The first-order valence-corrected chi connectivity index (χ1v) is 9.89. The van der Waals surface area contributed by atoms with Gasteiger partial charge >= 0.3 is 0 Å². The fourth-order valence-corrected chi connectivity index (χ4v) is 3.99. The summed E-state index contributed by atoms with van der Waals surface area (Å²) in [6.07, 6.45) is 1.59. The molecule has 7 heteroatoms. The van der Waals surface area contributed by atoms with E-state index in [9.17, 15) is 0 Å². The Bertz CT molecular complexity index is 1170. The lowest BCUT2D eigenvalue weighted by molar-refractivity contribution is 0.174. The molecule has 0 fully saturated rings. The van der Waals surface area contributed by atoms with Gasteiger partial charge in [0.1, 0.15) is 12.1 Å². The predicted octanol–water partition coefficient (Wildman–Crippen LogP) is 4.96. The minimum Gasteiger partial charge on any atom is -0.454 e. The van der Waals surface area contributed by atoms with E-state index in [-0.39, 0.29) is 12.8 Å². The second kappa shape index (κ2) is 6.76. The largest absolute Gasteiger partial charge is 0.454 e. The summed E-state index contributed by atoms with van der Waals surface area (Å²) in [5, 5.41) is 7.59. The summed E-state index contributed by atoms with van der Waals surface area (Å²) < 4.78 is 10.9. The quantitative estimate of drug-likeness (QED) is 0.531. The zero-order valence-electron chi connectivity index (χ0n) is 15.5. The third-order valence-corrected chi connectivity index (χ3v) is 5.57. The van der Waals surface area contributed by atoms with Gasteiger partial charge in [-0.3, -0.25) is 0 Å². The van der Waals surface area contributed by atoms with Gasteiger partial charge < -0.3 is 14.8 Å². The normalized spacial score (nSPS) is 13.6. The first kappa shape index (κ1) is 16.9. The van der Waals surface area contributed by atoms with Crippen LogP contribution in [-0.4, -0.2) is 21.7 Å².